The van der Waals surface area contributed by atoms with Gasteiger partial charge in [0, 0.05) is 4.99 Å². The fraction of sp³-hybridized carbons (Fsp3) is 0. The van der Waals surface area contributed by atoms with Crippen LogP contribution in [0.2, 0.25) is 0 Å². The van der Waals surface area contributed by atoms with E-state index in [1.165, 1.54) is 0 Å². The van der Waals surface area contributed by atoms with Crippen molar-refractivity contribution in [3.05, 3.63) is 15.4 Å². The van der Waals surface area contributed by atoms with E-state index in [4.69, 9.17) is 0 Å². The molecule has 1 rings (SSSR count). The van der Waals surface area contributed by atoms with E-state index in [1.54, 1.807) is 16.8 Å². The summed E-state index contributed by atoms with van der Waals surface area (Å²) in [7, 11) is 0. The SMILES string of the molecule is C=c1ncs/c1=C/Br. The average Bonchev–Trinajstić information content (AvgIpc) is 2.14. The van der Waals surface area contributed by atoms with Crippen molar-refractivity contribution in [1.82, 2.24) is 4.98 Å². The van der Waals surface area contributed by atoms with Gasteiger partial charge in [-0.3, -0.25) is 0 Å². The molecule has 1 aromatic rings. The molecule has 0 amide bonds. The van der Waals surface area contributed by atoms with Crippen LogP contribution in [0.4, 0.5) is 0 Å². The first-order chi connectivity index (χ1) is 3.84. The van der Waals surface area contributed by atoms with Crippen molar-refractivity contribution in [2.45, 2.75) is 0 Å². The second-order valence-electron chi connectivity index (χ2n) is 1.27. The molecule has 0 saturated heterocycles. The first-order valence-electron chi connectivity index (χ1n) is 2.03. The molecular weight excluding hydrogens is 186 g/mol. The van der Waals surface area contributed by atoms with Gasteiger partial charge in [-0.25, -0.2) is 4.98 Å². The van der Waals surface area contributed by atoms with Gasteiger partial charge in [0.2, 0.25) is 0 Å². The first kappa shape index (κ1) is 5.98. The van der Waals surface area contributed by atoms with E-state index in [2.05, 4.69) is 27.5 Å². The van der Waals surface area contributed by atoms with Gasteiger partial charge in [0.05, 0.1) is 15.4 Å². The summed E-state index contributed by atoms with van der Waals surface area (Å²) in [5.74, 6) is 0. The summed E-state index contributed by atoms with van der Waals surface area (Å²) in [5, 5.41) is 0.840. The maximum absolute atomic E-state index is 3.93. The molecule has 0 atom stereocenters. The molecule has 0 unspecified atom stereocenters. The number of halogens is 1. The van der Waals surface area contributed by atoms with Crippen LogP contribution in [0.25, 0.3) is 11.6 Å². The minimum atomic E-state index is 0.840. The van der Waals surface area contributed by atoms with Crippen LogP contribution in [0, 0.1) is 0 Å². The number of rotatable bonds is 0. The molecule has 0 bridgehead atoms. The Balaban J connectivity index is 3.55. The van der Waals surface area contributed by atoms with E-state index < -0.39 is 0 Å². The molecule has 1 heterocycles. The predicted octanol–water partition coefficient (Wildman–Crippen LogP) is 0.686. The Morgan fingerprint density at radius 3 is 2.88 bits per heavy atom. The Morgan fingerprint density at radius 2 is 2.62 bits per heavy atom. The highest BCUT2D eigenvalue weighted by Crippen LogP contribution is 1.80. The van der Waals surface area contributed by atoms with Crippen molar-refractivity contribution in [2.24, 2.45) is 0 Å². The Bertz CT molecular complexity index is 264. The summed E-state index contributed by atoms with van der Waals surface area (Å²) < 4.78 is 1.09. The fourth-order valence-electron chi connectivity index (χ4n) is 0.367. The van der Waals surface area contributed by atoms with Gasteiger partial charge in [-0.1, -0.05) is 22.5 Å². The third kappa shape index (κ3) is 0.980. The third-order valence-electron chi connectivity index (χ3n) is 0.772. The van der Waals surface area contributed by atoms with Crippen LogP contribution in [0.15, 0.2) is 5.51 Å². The second kappa shape index (κ2) is 2.42. The smallest absolute Gasteiger partial charge is 0.0805 e. The van der Waals surface area contributed by atoms with Crippen LogP contribution in [0.5, 0.6) is 0 Å². The van der Waals surface area contributed by atoms with Gasteiger partial charge < -0.3 is 0 Å². The lowest BCUT2D eigenvalue weighted by molar-refractivity contribution is 1.33. The van der Waals surface area contributed by atoms with E-state index in [1.807, 2.05) is 4.99 Å². The average molecular weight is 190 g/mol. The van der Waals surface area contributed by atoms with Crippen LogP contribution in [0.3, 0.4) is 0 Å². The minimum absolute atomic E-state index is 0.840. The second-order valence-corrected chi connectivity index (χ2v) is 2.62. The van der Waals surface area contributed by atoms with Gasteiger partial charge in [0.25, 0.3) is 0 Å². The van der Waals surface area contributed by atoms with Crippen molar-refractivity contribution in [2.75, 3.05) is 0 Å². The number of hydrogen-bond donors (Lipinski definition) is 0. The third-order valence-corrected chi connectivity index (χ3v) is 2.35. The molecule has 0 fully saturated rings. The van der Waals surface area contributed by atoms with Crippen LogP contribution < -0.4 is 9.88 Å². The summed E-state index contributed by atoms with van der Waals surface area (Å²) in [4.78, 5) is 5.76. The largest absolute Gasteiger partial charge is 0.245 e. The van der Waals surface area contributed by atoms with Crippen molar-refractivity contribution < 1.29 is 0 Å². The Morgan fingerprint density at radius 1 is 1.88 bits per heavy atom. The highest BCUT2D eigenvalue weighted by molar-refractivity contribution is 9.14. The van der Waals surface area contributed by atoms with E-state index in [0.717, 1.165) is 9.88 Å². The first-order valence-corrected chi connectivity index (χ1v) is 3.83. The van der Waals surface area contributed by atoms with E-state index in [0.29, 0.717) is 0 Å². The van der Waals surface area contributed by atoms with Gasteiger partial charge in [0.15, 0.2) is 0 Å². The Labute approximate surface area is 59.5 Å². The van der Waals surface area contributed by atoms with Gasteiger partial charge in [0.1, 0.15) is 0 Å². The molecule has 1 aromatic heterocycles. The van der Waals surface area contributed by atoms with Gasteiger partial charge in [-0.2, -0.15) is 0 Å². The van der Waals surface area contributed by atoms with E-state index in [9.17, 15) is 0 Å². The predicted molar refractivity (Wildman–Crippen MR) is 40.3 cm³/mol. The standard InChI is InChI=1S/C5H4BrNS/c1-4-5(2-6)8-3-7-4/h2-3H,1H2/b5-2+. The number of aromatic nitrogens is 1. The van der Waals surface area contributed by atoms with E-state index in [-0.39, 0.29) is 0 Å². The van der Waals surface area contributed by atoms with Crippen LogP contribution in [-0.2, 0) is 0 Å². The molecule has 0 aliphatic rings. The summed E-state index contributed by atoms with van der Waals surface area (Å²) in [6.45, 7) is 3.69. The molecular formula is C5H4BrNS. The minimum Gasteiger partial charge on any atom is -0.245 e. The lowest BCUT2D eigenvalue weighted by Crippen LogP contribution is -2.16. The molecule has 0 aliphatic carbocycles. The summed E-state index contributed by atoms with van der Waals surface area (Å²) in [6, 6.07) is 0. The number of nitrogens with zero attached hydrogens (tertiary/aromatic N) is 1. The van der Waals surface area contributed by atoms with Gasteiger partial charge in [-0.05, 0) is 0 Å². The molecule has 8 heavy (non-hydrogen) atoms. The molecule has 0 spiro atoms. The van der Waals surface area contributed by atoms with Crippen LogP contribution in [-0.4, -0.2) is 4.98 Å². The molecule has 3 heteroatoms. The molecule has 1 nitrogen and oxygen atoms in total. The highest BCUT2D eigenvalue weighted by Gasteiger charge is 1.79. The topological polar surface area (TPSA) is 12.9 Å². The van der Waals surface area contributed by atoms with Crippen molar-refractivity contribution >= 4 is 38.8 Å². The quantitative estimate of drug-likeness (QED) is 0.586. The van der Waals surface area contributed by atoms with Gasteiger partial charge in [-0.15, -0.1) is 11.3 Å². The van der Waals surface area contributed by atoms with Crippen molar-refractivity contribution in [3.8, 4) is 0 Å². The summed E-state index contributed by atoms with van der Waals surface area (Å²) in [5.41, 5.74) is 1.77. The molecule has 0 saturated carbocycles. The van der Waals surface area contributed by atoms with Crippen LogP contribution in [0.1, 0.15) is 0 Å². The molecule has 0 radical (unpaired) electrons. The van der Waals surface area contributed by atoms with Crippen LogP contribution >= 0.6 is 27.3 Å². The monoisotopic (exact) mass is 189 g/mol. The lowest BCUT2D eigenvalue weighted by atomic mass is 10.7. The highest BCUT2D eigenvalue weighted by atomic mass is 79.9. The normalized spacial score (nSPS) is 12.4. The van der Waals surface area contributed by atoms with E-state index >= 15 is 0 Å². The van der Waals surface area contributed by atoms with Gasteiger partial charge >= 0.3 is 0 Å². The molecule has 0 aromatic carbocycles. The fourth-order valence-corrected chi connectivity index (χ4v) is 1.49. The summed E-state index contributed by atoms with van der Waals surface area (Å²) >= 11 is 4.77. The Hall–Kier alpha value is -0.150. The zero-order valence-corrected chi connectivity index (χ0v) is 6.50. The maximum atomic E-state index is 3.93. The van der Waals surface area contributed by atoms with Crippen molar-refractivity contribution in [3.63, 3.8) is 0 Å². The lowest BCUT2D eigenvalue weighted by Gasteiger charge is -1.63. The molecule has 42 valence electrons. The van der Waals surface area contributed by atoms with Crippen molar-refractivity contribution in [1.29, 1.82) is 0 Å². The number of hydrogen-bond acceptors (Lipinski definition) is 2. The Kier molecular flexibility index (Phi) is 1.81. The summed E-state index contributed by atoms with van der Waals surface area (Å²) in [6.07, 6.45) is 0. The maximum Gasteiger partial charge on any atom is 0.0805 e. The number of thiazole rings is 1. The zero-order chi connectivity index (χ0) is 5.98. The molecule has 0 aliphatic heterocycles. The zero-order valence-electron chi connectivity index (χ0n) is 4.10. The molecule has 0 N–H and O–H groups in total.